The van der Waals surface area contributed by atoms with Crippen LogP contribution in [0.15, 0.2) is 70.6 Å². The van der Waals surface area contributed by atoms with Crippen molar-refractivity contribution < 1.29 is 23.5 Å². The van der Waals surface area contributed by atoms with Gasteiger partial charge in [-0.3, -0.25) is 9.59 Å². The quantitative estimate of drug-likeness (QED) is 0.388. The molecular formula is C25H17Cl2FN2O4S. The first-order valence-electron chi connectivity index (χ1n) is 10.2. The Kier molecular flexibility index (Phi) is 7.75. The van der Waals surface area contributed by atoms with Gasteiger partial charge in [0.15, 0.2) is 16.7 Å². The van der Waals surface area contributed by atoms with E-state index in [9.17, 15) is 14.0 Å². The molecule has 1 saturated heterocycles. The normalized spacial score (nSPS) is 15.4. The molecule has 0 spiro atoms. The second kappa shape index (κ2) is 10.9. The van der Waals surface area contributed by atoms with Gasteiger partial charge in [0.1, 0.15) is 12.4 Å². The van der Waals surface area contributed by atoms with Crippen molar-refractivity contribution in [2.24, 2.45) is 4.99 Å². The molecule has 0 bridgehead atoms. The van der Waals surface area contributed by atoms with Crippen molar-refractivity contribution in [1.29, 1.82) is 0 Å². The molecule has 1 heterocycles. The fraction of sp³-hybridized carbons (Fsp3) is 0.0800. The van der Waals surface area contributed by atoms with E-state index in [-0.39, 0.29) is 22.6 Å². The van der Waals surface area contributed by atoms with E-state index in [1.54, 1.807) is 54.6 Å². The smallest absolute Gasteiger partial charge is 0.279 e. The van der Waals surface area contributed by atoms with Crippen LogP contribution in [0, 0.1) is 5.82 Å². The first kappa shape index (κ1) is 24.8. The molecular weight excluding hydrogens is 514 g/mol. The summed E-state index contributed by atoms with van der Waals surface area (Å²) in [4.78, 5) is 29.1. The number of aliphatic imine (C=N–C) groups is 1. The van der Waals surface area contributed by atoms with Crippen molar-refractivity contribution in [3.05, 3.63) is 98.1 Å². The second-order valence-corrected chi connectivity index (χ2v) is 9.12. The molecule has 3 aromatic carbocycles. The van der Waals surface area contributed by atoms with E-state index in [0.29, 0.717) is 32.6 Å². The third kappa shape index (κ3) is 6.22. The lowest BCUT2D eigenvalue weighted by Gasteiger charge is -2.13. The molecule has 1 N–H and O–H groups in total. The van der Waals surface area contributed by atoms with Crippen LogP contribution in [-0.4, -0.2) is 24.1 Å². The zero-order valence-corrected chi connectivity index (χ0v) is 20.5. The third-order valence-electron chi connectivity index (χ3n) is 4.79. The number of amidine groups is 1. The van der Waals surface area contributed by atoms with Crippen molar-refractivity contribution in [1.82, 2.24) is 5.32 Å². The molecule has 0 radical (unpaired) electrons. The number of hydrogen-bond acceptors (Lipinski definition) is 5. The van der Waals surface area contributed by atoms with Crippen molar-refractivity contribution >= 4 is 58.0 Å². The lowest BCUT2D eigenvalue weighted by molar-refractivity contribution is -0.115. The monoisotopic (exact) mass is 530 g/mol. The van der Waals surface area contributed by atoms with E-state index in [4.69, 9.17) is 32.7 Å². The molecule has 2 amide bonds. The molecule has 10 heteroatoms. The van der Waals surface area contributed by atoms with Gasteiger partial charge in [0, 0.05) is 10.6 Å². The number of rotatable bonds is 6. The van der Waals surface area contributed by atoms with Gasteiger partial charge in [0.2, 0.25) is 0 Å². The van der Waals surface area contributed by atoms with Crippen LogP contribution in [0.1, 0.15) is 21.5 Å². The summed E-state index contributed by atoms with van der Waals surface area (Å²) in [6, 6.07) is 15.5. The molecule has 1 aliphatic rings. The maximum absolute atomic E-state index is 13.1. The van der Waals surface area contributed by atoms with Crippen LogP contribution in [0.25, 0.3) is 6.08 Å². The van der Waals surface area contributed by atoms with Crippen LogP contribution < -0.4 is 14.8 Å². The van der Waals surface area contributed by atoms with E-state index in [2.05, 4.69) is 10.3 Å². The zero-order chi connectivity index (χ0) is 24.9. The van der Waals surface area contributed by atoms with Crippen molar-refractivity contribution in [2.75, 3.05) is 7.11 Å². The molecule has 0 unspecified atom stereocenters. The van der Waals surface area contributed by atoms with Gasteiger partial charge in [-0.2, -0.15) is 4.99 Å². The van der Waals surface area contributed by atoms with Crippen LogP contribution in [0.5, 0.6) is 11.5 Å². The van der Waals surface area contributed by atoms with Crippen LogP contribution in [0.4, 0.5) is 4.39 Å². The minimum Gasteiger partial charge on any atom is -0.493 e. The number of ether oxygens (including phenoxy) is 2. The average Bonchev–Trinajstić information content (AvgIpc) is 3.17. The summed E-state index contributed by atoms with van der Waals surface area (Å²) in [5.74, 6) is -0.553. The summed E-state index contributed by atoms with van der Waals surface area (Å²) in [6.07, 6.45) is 1.60. The highest BCUT2D eigenvalue weighted by Gasteiger charge is 2.25. The molecule has 0 aliphatic carbocycles. The van der Waals surface area contributed by atoms with Gasteiger partial charge in [-0.15, -0.1) is 0 Å². The molecule has 1 aliphatic heterocycles. The Morgan fingerprint density at radius 3 is 2.51 bits per heavy atom. The number of halogens is 3. The predicted octanol–water partition coefficient (Wildman–Crippen LogP) is 6.12. The molecule has 3 aromatic rings. The fourth-order valence-electron chi connectivity index (χ4n) is 3.08. The summed E-state index contributed by atoms with van der Waals surface area (Å²) in [7, 11) is 1.47. The van der Waals surface area contributed by atoms with Crippen LogP contribution in [-0.2, 0) is 11.4 Å². The Morgan fingerprint density at radius 1 is 1.11 bits per heavy atom. The van der Waals surface area contributed by atoms with Gasteiger partial charge < -0.3 is 14.8 Å². The van der Waals surface area contributed by atoms with Gasteiger partial charge in [-0.05, 0) is 77.5 Å². The van der Waals surface area contributed by atoms with Gasteiger partial charge >= 0.3 is 0 Å². The summed E-state index contributed by atoms with van der Waals surface area (Å²) in [6.45, 7) is 0.163. The third-order valence-corrected chi connectivity index (χ3v) is 6.23. The SMILES string of the molecule is COc1cc(/C=C2\SC(=NC(=O)c3ccc(Cl)cc3)NC2=O)cc(Cl)c1OCc1ccc(F)cc1. The highest BCUT2D eigenvalue weighted by Crippen LogP contribution is 2.38. The second-order valence-electron chi connectivity index (χ2n) is 7.24. The van der Waals surface area contributed by atoms with Crippen molar-refractivity contribution in [3.63, 3.8) is 0 Å². The Hall–Kier alpha value is -3.33. The Labute approximate surface area is 214 Å². The lowest BCUT2D eigenvalue weighted by atomic mass is 10.1. The Balaban J connectivity index is 1.51. The highest BCUT2D eigenvalue weighted by atomic mass is 35.5. The first-order valence-corrected chi connectivity index (χ1v) is 11.7. The zero-order valence-electron chi connectivity index (χ0n) is 18.2. The van der Waals surface area contributed by atoms with E-state index >= 15 is 0 Å². The Morgan fingerprint density at radius 2 is 1.83 bits per heavy atom. The minimum absolute atomic E-state index is 0.163. The van der Waals surface area contributed by atoms with Crippen molar-refractivity contribution in [3.8, 4) is 11.5 Å². The summed E-state index contributed by atoms with van der Waals surface area (Å²) >= 11 is 13.3. The molecule has 4 rings (SSSR count). The van der Waals surface area contributed by atoms with E-state index in [1.807, 2.05) is 0 Å². The van der Waals surface area contributed by atoms with Gasteiger partial charge in [-0.1, -0.05) is 35.3 Å². The molecule has 6 nitrogen and oxygen atoms in total. The summed E-state index contributed by atoms with van der Waals surface area (Å²) in [5.41, 5.74) is 1.69. The number of carbonyl (C=O) groups is 2. The van der Waals surface area contributed by atoms with Gasteiger partial charge in [0.05, 0.1) is 17.0 Å². The number of hydrogen-bond donors (Lipinski definition) is 1. The van der Waals surface area contributed by atoms with E-state index in [1.165, 1.54) is 19.2 Å². The van der Waals surface area contributed by atoms with Gasteiger partial charge in [0.25, 0.3) is 11.8 Å². The number of thioether (sulfide) groups is 1. The standard InChI is InChI=1S/C25H17Cl2FN2O4S/c1-33-20-11-15(10-19(27)22(20)34-13-14-2-8-18(28)9-3-14)12-21-24(32)30-25(35-21)29-23(31)16-4-6-17(26)7-5-16/h2-12H,13H2,1H3,(H,29,30,31,32)/b21-12-. The van der Waals surface area contributed by atoms with E-state index < -0.39 is 11.8 Å². The number of amides is 2. The van der Waals surface area contributed by atoms with Gasteiger partial charge in [-0.25, -0.2) is 4.39 Å². The van der Waals surface area contributed by atoms with E-state index in [0.717, 1.165) is 17.3 Å². The molecule has 1 fully saturated rings. The summed E-state index contributed by atoms with van der Waals surface area (Å²) in [5, 5.41) is 3.52. The topological polar surface area (TPSA) is 77.0 Å². The fourth-order valence-corrected chi connectivity index (χ4v) is 4.30. The summed E-state index contributed by atoms with van der Waals surface area (Å²) < 4.78 is 24.3. The lowest BCUT2D eigenvalue weighted by Crippen LogP contribution is -2.20. The number of methoxy groups -OCH3 is 1. The average molecular weight is 531 g/mol. The number of carbonyl (C=O) groups excluding carboxylic acids is 2. The molecule has 0 saturated carbocycles. The first-order chi connectivity index (χ1) is 16.8. The minimum atomic E-state index is -0.502. The van der Waals surface area contributed by atoms with Crippen LogP contribution in [0.2, 0.25) is 10.0 Å². The largest absolute Gasteiger partial charge is 0.493 e. The molecule has 0 aromatic heterocycles. The number of nitrogens with one attached hydrogen (secondary N) is 1. The molecule has 35 heavy (non-hydrogen) atoms. The highest BCUT2D eigenvalue weighted by molar-refractivity contribution is 8.18. The van der Waals surface area contributed by atoms with Crippen molar-refractivity contribution in [2.45, 2.75) is 6.61 Å². The molecule has 0 atom stereocenters. The number of nitrogens with zero attached hydrogens (tertiary/aromatic N) is 1. The Bertz CT molecular complexity index is 1340. The predicted molar refractivity (Wildman–Crippen MR) is 136 cm³/mol. The maximum Gasteiger partial charge on any atom is 0.279 e. The maximum atomic E-state index is 13.1. The number of benzene rings is 3. The van der Waals surface area contributed by atoms with Crippen LogP contribution in [0.3, 0.4) is 0 Å². The molecule has 178 valence electrons. The van der Waals surface area contributed by atoms with Crippen LogP contribution >= 0.6 is 35.0 Å².